The van der Waals surface area contributed by atoms with Gasteiger partial charge >= 0.3 is 5.97 Å². The molecule has 1 aromatic rings. The number of nitrogens with zero attached hydrogens (tertiary/aromatic N) is 1. The summed E-state index contributed by atoms with van der Waals surface area (Å²) in [6, 6.07) is -1.20. The van der Waals surface area contributed by atoms with E-state index in [-0.39, 0.29) is 23.5 Å². The molecule has 0 unspecified atom stereocenters. The highest BCUT2D eigenvalue weighted by Crippen LogP contribution is 2.45. The van der Waals surface area contributed by atoms with Gasteiger partial charge < -0.3 is 5.11 Å². The van der Waals surface area contributed by atoms with E-state index in [1.54, 1.807) is 0 Å². The number of carboxylic acid groups (broad SMARTS) is 1. The second-order valence-corrected chi connectivity index (χ2v) is 8.64. The van der Waals surface area contributed by atoms with Gasteiger partial charge in [0.1, 0.15) is 6.04 Å². The molecule has 124 valence electrons. The summed E-state index contributed by atoms with van der Waals surface area (Å²) in [5.41, 5.74) is 0.318. The Morgan fingerprint density at radius 1 is 0.957 bits per heavy atom. The molecular formula is C14H11Br4NO4. The molecule has 0 saturated carbocycles. The van der Waals surface area contributed by atoms with Crippen molar-refractivity contribution in [3.05, 3.63) is 29.0 Å². The van der Waals surface area contributed by atoms with E-state index in [1.165, 1.54) is 0 Å². The van der Waals surface area contributed by atoms with Gasteiger partial charge in [-0.05, 0) is 76.1 Å². The third-order valence-corrected chi connectivity index (χ3v) is 8.19. The molecule has 0 bridgehead atoms. The fourth-order valence-corrected chi connectivity index (χ4v) is 4.87. The van der Waals surface area contributed by atoms with Crippen LogP contribution < -0.4 is 0 Å². The molecular weight excluding hydrogens is 566 g/mol. The highest BCUT2D eigenvalue weighted by atomic mass is 79.9. The predicted molar refractivity (Wildman–Crippen MR) is 98.6 cm³/mol. The minimum absolute atomic E-state index is 0.0192. The number of amides is 2. The first kappa shape index (κ1) is 19.1. The van der Waals surface area contributed by atoms with Gasteiger partial charge in [0.2, 0.25) is 0 Å². The van der Waals surface area contributed by atoms with Gasteiger partial charge in [0.15, 0.2) is 0 Å². The van der Waals surface area contributed by atoms with Gasteiger partial charge in [-0.1, -0.05) is 13.8 Å². The Balaban J connectivity index is 2.64. The lowest BCUT2D eigenvalue weighted by Gasteiger charge is -2.23. The molecule has 2 amide bonds. The summed E-state index contributed by atoms with van der Waals surface area (Å²) < 4.78 is 1.97. The first-order valence-corrected chi connectivity index (χ1v) is 9.73. The third kappa shape index (κ3) is 3.17. The summed E-state index contributed by atoms with van der Waals surface area (Å²) >= 11 is 13.3. The topological polar surface area (TPSA) is 74.7 Å². The van der Waals surface area contributed by atoms with Crippen molar-refractivity contribution in [2.24, 2.45) is 5.92 Å². The number of benzene rings is 1. The monoisotopic (exact) mass is 573 g/mol. The molecule has 0 spiro atoms. The number of hydrogen-bond acceptors (Lipinski definition) is 3. The molecule has 1 atom stereocenters. The summed E-state index contributed by atoms with van der Waals surface area (Å²) in [6.45, 7) is 3.68. The van der Waals surface area contributed by atoms with E-state index >= 15 is 0 Å². The van der Waals surface area contributed by atoms with Crippen LogP contribution in [0.15, 0.2) is 17.9 Å². The van der Waals surface area contributed by atoms with Gasteiger partial charge in [-0.2, -0.15) is 0 Å². The second-order valence-electron chi connectivity index (χ2n) is 5.47. The van der Waals surface area contributed by atoms with Gasteiger partial charge in [0.25, 0.3) is 11.8 Å². The number of carboxylic acids is 1. The van der Waals surface area contributed by atoms with Crippen molar-refractivity contribution in [3.8, 4) is 0 Å². The summed E-state index contributed by atoms with van der Waals surface area (Å²) in [7, 11) is 0. The van der Waals surface area contributed by atoms with E-state index in [0.717, 1.165) is 4.90 Å². The second kappa shape index (κ2) is 6.93. The standard InChI is InChI=1S/C14H11Br4NO4/c1-4(2)3-5(14(22)23)19-12(20)6-7(13(19)21)9(16)11(18)10(17)8(6)15/h4-5H,3H2,1-2H3,(H,22,23)/t5-/m0/s1. The first-order chi connectivity index (χ1) is 10.6. The van der Waals surface area contributed by atoms with Gasteiger partial charge in [0, 0.05) is 17.9 Å². The summed E-state index contributed by atoms with van der Waals surface area (Å²) in [6.07, 6.45) is 0.193. The van der Waals surface area contributed by atoms with Crippen LogP contribution in [0.25, 0.3) is 0 Å². The van der Waals surface area contributed by atoms with E-state index in [4.69, 9.17) is 0 Å². The number of halogens is 4. The molecule has 1 heterocycles. The Morgan fingerprint density at radius 3 is 1.65 bits per heavy atom. The van der Waals surface area contributed by atoms with E-state index in [0.29, 0.717) is 17.9 Å². The van der Waals surface area contributed by atoms with Crippen molar-refractivity contribution >= 4 is 81.5 Å². The van der Waals surface area contributed by atoms with Crippen LogP contribution in [-0.2, 0) is 4.79 Å². The molecule has 1 aliphatic heterocycles. The maximum absolute atomic E-state index is 12.7. The lowest BCUT2D eigenvalue weighted by molar-refractivity contribution is -0.142. The van der Waals surface area contributed by atoms with Crippen molar-refractivity contribution in [1.29, 1.82) is 0 Å². The molecule has 1 N–H and O–H groups in total. The molecule has 1 aliphatic rings. The molecule has 1 aromatic carbocycles. The van der Waals surface area contributed by atoms with E-state index in [2.05, 4.69) is 63.7 Å². The Hall–Kier alpha value is -0.250. The number of carbonyl (C=O) groups excluding carboxylic acids is 2. The lowest BCUT2D eigenvalue weighted by Crippen LogP contribution is -2.45. The zero-order chi connectivity index (χ0) is 17.6. The zero-order valence-corrected chi connectivity index (χ0v) is 18.3. The number of carbonyl (C=O) groups is 3. The van der Waals surface area contributed by atoms with Crippen LogP contribution in [0.4, 0.5) is 0 Å². The molecule has 0 aliphatic carbocycles. The minimum Gasteiger partial charge on any atom is -0.480 e. The first-order valence-electron chi connectivity index (χ1n) is 6.56. The maximum atomic E-state index is 12.7. The van der Waals surface area contributed by atoms with Gasteiger partial charge in [0.05, 0.1) is 11.1 Å². The van der Waals surface area contributed by atoms with Crippen LogP contribution in [-0.4, -0.2) is 33.8 Å². The molecule has 0 radical (unpaired) electrons. The molecule has 0 saturated heterocycles. The Morgan fingerprint density at radius 2 is 1.35 bits per heavy atom. The fraction of sp³-hybridized carbons (Fsp3) is 0.357. The Kier molecular flexibility index (Phi) is 5.75. The normalized spacial score (nSPS) is 15.3. The van der Waals surface area contributed by atoms with Gasteiger partial charge in [-0.15, -0.1) is 0 Å². The summed E-state index contributed by atoms with van der Waals surface area (Å²) in [4.78, 5) is 37.9. The van der Waals surface area contributed by atoms with E-state index in [1.807, 2.05) is 13.8 Å². The fourth-order valence-electron chi connectivity index (χ4n) is 2.41. The van der Waals surface area contributed by atoms with Crippen LogP contribution >= 0.6 is 63.7 Å². The summed E-state index contributed by atoms with van der Waals surface area (Å²) in [5.74, 6) is -2.40. The van der Waals surface area contributed by atoms with Crippen molar-refractivity contribution in [3.63, 3.8) is 0 Å². The van der Waals surface area contributed by atoms with Crippen LogP contribution in [0.2, 0.25) is 0 Å². The molecule has 2 rings (SSSR count). The van der Waals surface area contributed by atoms with E-state index in [9.17, 15) is 19.5 Å². The average Bonchev–Trinajstić information content (AvgIpc) is 2.71. The van der Waals surface area contributed by atoms with Crippen molar-refractivity contribution in [2.75, 3.05) is 0 Å². The van der Waals surface area contributed by atoms with Gasteiger partial charge in [-0.3, -0.25) is 14.5 Å². The number of hydrogen-bond donors (Lipinski definition) is 1. The lowest BCUT2D eigenvalue weighted by atomic mass is 10.0. The number of fused-ring (bicyclic) bond motifs is 1. The molecule has 0 aromatic heterocycles. The average molecular weight is 577 g/mol. The van der Waals surface area contributed by atoms with Crippen molar-refractivity contribution in [1.82, 2.24) is 4.90 Å². The predicted octanol–water partition coefficient (Wildman–Crippen LogP) is 4.83. The highest BCUT2D eigenvalue weighted by molar-refractivity contribution is 9.15. The Bertz CT molecular complexity index is 685. The number of aliphatic carboxylic acids is 1. The zero-order valence-electron chi connectivity index (χ0n) is 12.0. The molecule has 5 nitrogen and oxygen atoms in total. The van der Waals surface area contributed by atoms with E-state index < -0.39 is 23.8 Å². The number of imide groups is 1. The largest absolute Gasteiger partial charge is 0.480 e. The van der Waals surface area contributed by atoms with Crippen LogP contribution in [0.3, 0.4) is 0 Å². The highest BCUT2D eigenvalue weighted by Gasteiger charge is 2.46. The minimum atomic E-state index is -1.20. The molecule has 23 heavy (non-hydrogen) atoms. The number of rotatable bonds is 4. The van der Waals surface area contributed by atoms with Crippen LogP contribution in [0.5, 0.6) is 0 Å². The third-order valence-electron chi connectivity index (χ3n) is 3.42. The van der Waals surface area contributed by atoms with Gasteiger partial charge in [-0.25, -0.2) is 4.79 Å². The SMILES string of the molecule is CC(C)C[C@@H](C(=O)O)N1C(=O)c2c(Br)c(Br)c(Br)c(Br)c2C1=O. The van der Waals surface area contributed by atoms with Crippen LogP contribution in [0, 0.1) is 5.92 Å². The van der Waals surface area contributed by atoms with Crippen molar-refractivity contribution in [2.45, 2.75) is 26.3 Å². The maximum Gasteiger partial charge on any atom is 0.326 e. The van der Waals surface area contributed by atoms with Crippen LogP contribution in [0.1, 0.15) is 41.0 Å². The Labute approximate surface area is 166 Å². The molecule has 0 fully saturated rings. The molecule has 9 heteroatoms. The smallest absolute Gasteiger partial charge is 0.326 e. The quantitative estimate of drug-likeness (QED) is 0.317. The van der Waals surface area contributed by atoms with Crippen molar-refractivity contribution < 1.29 is 19.5 Å². The summed E-state index contributed by atoms with van der Waals surface area (Å²) in [5, 5.41) is 9.46.